The Labute approximate surface area is 146 Å². The number of likely N-dealkylation sites (N-methyl/N-ethyl adjacent to an activating group) is 1. The van der Waals surface area contributed by atoms with Crippen molar-refractivity contribution in [3.05, 3.63) is 29.8 Å². The number of hydrogen-bond donors (Lipinski definition) is 2. The Morgan fingerprint density at radius 1 is 1.33 bits per heavy atom. The highest BCUT2D eigenvalue weighted by Crippen LogP contribution is 2.18. The molecule has 0 aliphatic carbocycles. The third-order valence-electron chi connectivity index (χ3n) is 3.88. The fourth-order valence-electron chi connectivity index (χ4n) is 2.62. The van der Waals surface area contributed by atoms with Crippen molar-refractivity contribution in [2.45, 2.75) is 32.2 Å². The monoisotopic (exact) mass is 361 g/mol. The van der Waals surface area contributed by atoms with Gasteiger partial charge in [0.15, 0.2) is 0 Å². The smallest absolute Gasteiger partial charge is 0.244 e. The molecule has 8 heteroatoms. The number of amides is 2. The maximum atomic E-state index is 13.5. The Bertz CT molecular complexity index is 560. The molecule has 0 bridgehead atoms. The highest BCUT2D eigenvalue weighted by Gasteiger charge is 2.23. The largest absolute Gasteiger partial charge is 0.334 e. The Morgan fingerprint density at radius 3 is 2.54 bits per heavy atom. The van der Waals surface area contributed by atoms with Crippen molar-refractivity contribution in [1.29, 1.82) is 0 Å². The summed E-state index contributed by atoms with van der Waals surface area (Å²) in [5.74, 6) is -2.45. The number of halogens is 3. The predicted octanol–water partition coefficient (Wildman–Crippen LogP) is 2.32. The lowest BCUT2D eigenvalue weighted by molar-refractivity contribution is -0.134. The van der Waals surface area contributed by atoms with Gasteiger partial charge in [0.25, 0.3) is 0 Å². The molecule has 1 saturated heterocycles. The highest BCUT2D eigenvalue weighted by atomic mass is 35.5. The molecular weight excluding hydrogens is 340 g/mol. The van der Waals surface area contributed by atoms with Gasteiger partial charge in [-0.2, -0.15) is 0 Å². The molecule has 0 radical (unpaired) electrons. The van der Waals surface area contributed by atoms with Crippen molar-refractivity contribution < 1.29 is 18.4 Å². The van der Waals surface area contributed by atoms with Crippen LogP contribution in [0.15, 0.2) is 18.2 Å². The normalized spacial score (nSPS) is 16.4. The zero-order chi connectivity index (χ0) is 16.8. The van der Waals surface area contributed by atoms with Crippen LogP contribution in [0.3, 0.4) is 0 Å². The first-order valence-corrected chi connectivity index (χ1v) is 7.76. The second kappa shape index (κ2) is 9.54. The first kappa shape index (κ1) is 20.3. The van der Waals surface area contributed by atoms with E-state index in [1.54, 1.807) is 6.92 Å². The molecule has 134 valence electrons. The molecule has 1 heterocycles. The van der Waals surface area contributed by atoms with Gasteiger partial charge in [0.1, 0.15) is 17.3 Å². The maximum absolute atomic E-state index is 13.5. The summed E-state index contributed by atoms with van der Waals surface area (Å²) >= 11 is 0. The van der Waals surface area contributed by atoms with Gasteiger partial charge in [-0.1, -0.05) is 6.07 Å². The average Bonchev–Trinajstić information content (AvgIpc) is 3.01. The van der Waals surface area contributed by atoms with E-state index in [9.17, 15) is 18.4 Å². The fourth-order valence-corrected chi connectivity index (χ4v) is 2.62. The molecule has 1 aliphatic rings. The molecule has 1 aromatic carbocycles. The molecule has 0 saturated carbocycles. The van der Waals surface area contributed by atoms with Gasteiger partial charge in [0.05, 0.1) is 6.54 Å². The van der Waals surface area contributed by atoms with Crippen molar-refractivity contribution in [3.8, 4) is 0 Å². The molecule has 1 atom stereocenters. The van der Waals surface area contributed by atoms with Crippen molar-refractivity contribution in [1.82, 2.24) is 10.2 Å². The lowest BCUT2D eigenvalue weighted by Crippen LogP contribution is -2.40. The number of anilines is 1. The van der Waals surface area contributed by atoms with Gasteiger partial charge >= 0.3 is 0 Å². The van der Waals surface area contributed by atoms with E-state index < -0.39 is 23.2 Å². The van der Waals surface area contributed by atoms with Crippen LogP contribution in [0.25, 0.3) is 0 Å². The number of para-hydroxylation sites is 1. The summed E-state index contributed by atoms with van der Waals surface area (Å²) in [7, 11) is 0. The van der Waals surface area contributed by atoms with Crippen LogP contribution in [0.2, 0.25) is 0 Å². The van der Waals surface area contributed by atoms with Gasteiger partial charge in [0.2, 0.25) is 11.8 Å². The molecule has 24 heavy (non-hydrogen) atoms. The number of nitrogens with one attached hydrogen (secondary N) is 2. The van der Waals surface area contributed by atoms with E-state index in [0.29, 0.717) is 13.0 Å². The van der Waals surface area contributed by atoms with E-state index in [2.05, 4.69) is 10.6 Å². The van der Waals surface area contributed by atoms with E-state index in [0.717, 1.165) is 31.5 Å². The Morgan fingerprint density at radius 2 is 2.00 bits per heavy atom. The van der Waals surface area contributed by atoms with Crippen molar-refractivity contribution in [3.63, 3.8) is 0 Å². The van der Waals surface area contributed by atoms with Crippen LogP contribution in [0.4, 0.5) is 14.5 Å². The van der Waals surface area contributed by atoms with Gasteiger partial charge in [-0.3, -0.25) is 9.59 Å². The SMILES string of the molecule is CCN(CC(=O)Nc1c(F)cccc1F)C(=O)CC1CCCN1.Cl. The summed E-state index contributed by atoms with van der Waals surface area (Å²) in [6, 6.07) is 3.49. The molecule has 5 nitrogen and oxygen atoms in total. The zero-order valence-electron chi connectivity index (χ0n) is 13.5. The average molecular weight is 362 g/mol. The highest BCUT2D eigenvalue weighted by molar-refractivity contribution is 5.94. The van der Waals surface area contributed by atoms with Crippen LogP contribution in [-0.4, -0.2) is 42.4 Å². The summed E-state index contributed by atoms with van der Waals surface area (Å²) in [4.78, 5) is 25.6. The molecule has 2 amide bonds. The zero-order valence-corrected chi connectivity index (χ0v) is 14.3. The third-order valence-corrected chi connectivity index (χ3v) is 3.88. The van der Waals surface area contributed by atoms with E-state index in [-0.39, 0.29) is 30.9 Å². The fraction of sp³-hybridized carbons (Fsp3) is 0.500. The van der Waals surface area contributed by atoms with Gasteiger partial charge in [0, 0.05) is 19.0 Å². The lowest BCUT2D eigenvalue weighted by Gasteiger charge is -2.22. The molecule has 1 aliphatic heterocycles. The minimum Gasteiger partial charge on any atom is -0.334 e. The van der Waals surface area contributed by atoms with Crippen LogP contribution in [0, 0.1) is 11.6 Å². The van der Waals surface area contributed by atoms with Crippen LogP contribution >= 0.6 is 12.4 Å². The van der Waals surface area contributed by atoms with E-state index in [4.69, 9.17) is 0 Å². The Balaban J connectivity index is 0.00000288. The van der Waals surface area contributed by atoms with Gasteiger partial charge in [-0.05, 0) is 38.4 Å². The summed E-state index contributed by atoms with van der Waals surface area (Å²) in [5.41, 5.74) is -0.488. The number of benzene rings is 1. The quantitative estimate of drug-likeness (QED) is 0.817. The Hall–Kier alpha value is -1.73. The number of carbonyl (C=O) groups excluding carboxylic acids is 2. The van der Waals surface area contributed by atoms with E-state index in [1.165, 1.54) is 11.0 Å². The molecule has 1 unspecified atom stereocenters. The summed E-state index contributed by atoms with van der Waals surface area (Å²) in [5, 5.41) is 5.42. The molecule has 2 N–H and O–H groups in total. The summed E-state index contributed by atoms with van der Waals surface area (Å²) in [6.45, 7) is 2.79. The first-order chi connectivity index (χ1) is 11.0. The Kier molecular flexibility index (Phi) is 8.07. The van der Waals surface area contributed by atoms with Crippen LogP contribution in [-0.2, 0) is 9.59 Å². The number of carbonyl (C=O) groups is 2. The van der Waals surface area contributed by atoms with Crippen molar-refractivity contribution in [2.24, 2.45) is 0 Å². The molecular formula is C16H22ClF2N3O2. The standard InChI is InChI=1S/C16H21F2N3O2.ClH/c1-2-21(15(23)9-11-5-4-8-19-11)10-14(22)20-16-12(17)6-3-7-13(16)18;/h3,6-7,11,19H,2,4-5,8-10H2,1H3,(H,20,22);1H. The topological polar surface area (TPSA) is 61.4 Å². The molecule has 0 aromatic heterocycles. The molecule has 1 aromatic rings. The summed E-state index contributed by atoms with van der Waals surface area (Å²) < 4.78 is 27.0. The van der Waals surface area contributed by atoms with E-state index >= 15 is 0 Å². The van der Waals surface area contributed by atoms with Crippen molar-refractivity contribution in [2.75, 3.05) is 25.0 Å². The minimum absolute atomic E-state index is 0. The predicted molar refractivity (Wildman–Crippen MR) is 90.1 cm³/mol. The van der Waals surface area contributed by atoms with Gasteiger partial charge < -0.3 is 15.5 Å². The van der Waals surface area contributed by atoms with Crippen LogP contribution < -0.4 is 10.6 Å². The number of nitrogens with zero attached hydrogens (tertiary/aromatic N) is 1. The van der Waals surface area contributed by atoms with Crippen LogP contribution in [0.1, 0.15) is 26.2 Å². The molecule has 2 rings (SSSR count). The minimum atomic E-state index is -0.845. The second-order valence-electron chi connectivity index (χ2n) is 5.55. The maximum Gasteiger partial charge on any atom is 0.244 e. The number of rotatable bonds is 6. The first-order valence-electron chi connectivity index (χ1n) is 7.76. The van der Waals surface area contributed by atoms with Gasteiger partial charge in [-0.15, -0.1) is 12.4 Å². The van der Waals surface area contributed by atoms with Gasteiger partial charge in [-0.25, -0.2) is 8.78 Å². The van der Waals surface area contributed by atoms with Crippen LogP contribution in [0.5, 0.6) is 0 Å². The third kappa shape index (κ3) is 5.42. The second-order valence-corrected chi connectivity index (χ2v) is 5.55. The summed E-state index contributed by atoms with van der Waals surface area (Å²) in [6.07, 6.45) is 2.31. The number of hydrogen-bond acceptors (Lipinski definition) is 3. The molecule has 1 fully saturated rings. The van der Waals surface area contributed by atoms with E-state index in [1.807, 2.05) is 0 Å². The lowest BCUT2D eigenvalue weighted by atomic mass is 10.1. The molecule has 0 spiro atoms. The van der Waals surface area contributed by atoms with Crippen molar-refractivity contribution >= 4 is 29.9 Å².